The van der Waals surface area contributed by atoms with Crippen LogP contribution in [-0.4, -0.2) is 6.67 Å². The summed E-state index contributed by atoms with van der Waals surface area (Å²) in [5.74, 6) is 0.616. The molecule has 3 heteroatoms. The molecule has 2 aromatic carbocycles. The van der Waals surface area contributed by atoms with E-state index in [2.05, 4.69) is 6.92 Å². The van der Waals surface area contributed by atoms with Crippen LogP contribution in [0, 0.1) is 23.5 Å². The fraction of sp³-hybridized carbons (Fsp3) is 0.636. The Morgan fingerprint density at radius 2 is 1.31 bits per heavy atom. The van der Waals surface area contributed by atoms with Crippen molar-refractivity contribution in [2.75, 3.05) is 6.67 Å². The quantitative estimate of drug-likeness (QED) is 0.270. The van der Waals surface area contributed by atoms with Crippen LogP contribution in [0.3, 0.4) is 0 Å². The molecular weight excluding hydrogens is 453 g/mol. The van der Waals surface area contributed by atoms with Gasteiger partial charge in [-0.3, -0.25) is 4.39 Å². The topological polar surface area (TPSA) is 0 Å². The van der Waals surface area contributed by atoms with E-state index in [1.807, 2.05) is 36.4 Å². The molecule has 0 saturated heterocycles. The van der Waals surface area contributed by atoms with Crippen LogP contribution in [0.1, 0.15) is 126 Å². The van der Waals surface area contributed by atoms with E-state index in [1.54, 1.807) is 0 Å². The molecule has 2 fully saturated rings. The van der Waals surface area contributed by atoms with Gasteiger partial charge in [-0.2, -0.15) is 0 Å². The minimum atomic E-state index is -0.672. The lowest BCUT2D eigenvalue weighted by atomic mass is 9.70. The van der Waals surface area contributed by atoms with Crippen LogP contribution >= 0.6 is 0 Å². The van der Waals surface area contributed by atoms with Gasteiger partial charge in [-0.15, -0.1) is 0 Å². The zero-order valence-electron chi connectivity index (χ0n) is 22.2. The zero-order valence-corrected chi connectivity index (χ0v) is 22.2. The van der Waals surface area contributed by atoms with E-state index in [0.29, 0.717) is 29.4 Å². The van der Waals surface area contributed by atoms with Crippen molar-refractivity contribution in [1.29, 1.82) is 0 Å². The number of benzene rings is 2. The Labute approximate surface area is 217 Å². The summed E-state index contributed by atoms with van der Waals surface area (Å²) >= 11 is 0. The summed E-state index contributed by atoms with van der Waals surface area (Å²) in [5.41, 5.74) is 2.96. The Balaban J connectivity index is 1.56. The number of unbranched alkanes of at least 4 members (excludes halogenated alkanes) is 3. The Morgan fingerprint density at radius 3 is 1.92 bits per heavy atom. The molecule has 198 valence electrons. The van der Waals surface area contributed by atoms with Crippen LogP contribution in [0.25, 0.3) is 11.1 Å². The Morgan fingerprint density at radius 1 is 0.694 bits per heavy atom. The van der Waals surface area contributed by atoms with Crippen molar-refractivity contribution in [3.05, 3.63) is 59.2 Å². The Kier molecular flexibility index (Phi) is 10.4. The predicted octanol–water partition coefficient (Wildman–Crippen LogP) is 10.9. The molecule has 2 aromatic rings. The molecule has 0 nitrogen and oxygen atoms in total. The lowest BCUT2D eigenvalue weighted by Gasteiger charge is -2.35. The highest BCUT2D eigenvalue weighted by Gasteiger charge is 2.33. The SMILES string of the molecule is CCCCC1CCC(c2c(C3CCC(CCCCCF)CC3)cc(-c3ccccc3)c(F)c2F)CC1. The third-order valence-electron chi connectivity index (χ3n) is 9.11. The van der Waals surface area contributed by atoms with E-state index in [0.717, 1.165) is 81.3 Å². The van der Waals surface area contributed by atoms with E-state index < -0.39 is 11.6 Å². The lowest BCUT2D eigenvalue weighted by molar-refractivity contribution is 0.286. The molecule has 0 unspecified atom stereocenters. The van der Waals surface area contributed by atoms with E-state index in [9.17, 15) is 4.39 Å². The molecule has 0 aromatic heterocycles. The predicted molar refractivity (Wildman–Crippen MR) is 145 cm³/mol. The molecule has 2 aliphatic carbocycles. The van der Waals surface area contributed by atoms with E-state index >= 15 is 8.78 Å². The number of hydrogen-bond acceptors (Lipinski definition) is 0. The van der Waals surface area contributed by atoms with Crippen molar-refractivity contribution < 1.29 is 13.2 Å². The molecule has 36 heavy (non-hydrogen) atoms. The first-order valence-electron chi connectivity index (χ1n) is 14.8. The molecule has 0 aliphatic heterocycles. The average molecular weight is 499 g/mol. The molecule has 2 aliphatic rings. The first-order chi connectivity index (χ1) is 17.6. The molecule has 0 radical (unpaired) electrons. The van der Waals surface area contributed by atoms with Gasteiger partial charge in [0, 0.05) is 5.56 Å². The second kappa shape index (κ2) is 13.7. The molecule has 0 amide bonds. The summed E-state index contributed by atoms with van der Waals surface area (Å²) in [6.07, 6.45) is 16.3. The number of rotatable bonds is 11. The molecule has 0 spiro atoms. The van der Waals surface area contributed by atoms with Crippen molar-refractivity contribution in [3.63, 3.8) is 0 Å². The van der Waals surface area contributed by atoms with Crippen molar-refractivity contribution in [2.24, 2.45) is 11.8 Å². The number of halogens is 3. The van der Waals surface area contributed by atoms with Crippen LogP contribution in [-0.2, 0) is 0 Å². The van der Waals surface area contributed by atoms with Gasteiger partial charge in [0.2, 0.25) is 0 Å². The average Bonchev–Trinajstić information content (AvgIpc) is 2.92. The summed E-state index contributed by atoms with van der Waals surface area (Å²) < 4.78 is 43.9. The van der Waals surface area contributed by atoms with Gasteiger partial charge in [-0.05, 0) is 104 Å². The minimum absolute atomic E-state index is 0.135. The van der Waals surface area contributed by atoms with Crippen LogP contribution in [0.5, 0.6) is 0 Å². The standard InChI is InChI=1S/C33H45F3/c1-2-3-10-24-16-20-28(21-17-24)31-29(27-18-14-25(15-19-27)11-6-5-9-22-34)23-30(32(35)33(31)36)26-12-7-4-8-13-26/h4,7-8,12-13,23-25,27-28H,2-3,5-6,9-11,14-22H2,1H3. The third-order valence-corrected chi connectivity index (χ3v) is 9.11. The molecule has 4 rings (SSSR count). The molecule has 0 atom stereocenters. The largest absolute Gasteiger partial charge is 0.251 e. The molecule has 0 bridgehead atoms. The van der Waals surface area contributed by atoms with Crippen LogP contribution in [0.4, 0.5) is 13.2 Å². The van der Waals surface area contributed by atoms with E-state index in [4.69, 9.17) is 0 Å². The minimum Gasteiger partial charge on any atom is -0.251 e. The summed E-state index contributed by atoms with van der Waals surface area (Å²) in [6, 6.07) is 11.5. The van der Waals surface area contributed by atoms with Gasteiger partial charge < -0.3 is 0 Å². The van der Waals surface area contributed by atoms with Gasteiger partial charge in [0.1, 0.15) is 0 Å². The van der Waals surface area contributed by atoms with Crippen LogP contribution in [0.2, 0.25) is 0 Å². The highest BCUT2D eigenvalue weighted by molar-refractivity contribution is 5.66. The fourth-order valence-electron chi connectivity index (χ4n) is 6.94. The van der Waals surface area contributed by atoms with Crippen molar-refractivity contribution in [2.45, 2.75) is 115 Å². The molecule has 0 heterocycles. The van der Waals surface area contributed by atoms with Crippen molar-refractivity contribution in [1.82, 2.24) is 0 Å². The molecule has 2 saturated carbocycles. The molecular formula is C33H45F3. The van der Waals surface area contributed by atoms with Gasteiger partial charge in [-0.25, -0.2) is 8.78 Å². The molecule has 0 N–H and O–H groups in total. The summed E-state index contributed by atoms with van der Waals surface area (Å²) in [7, 11) is 0. The number of alkyl halides is 1. The first kappa shape index (κ1) is 27.3. The highest BCUT2D eigenvalue weighted by atomic mass is 19.2. The second-order valence-electron chi connectivity index (χ2n) is 11.5. The number of hydrogen-bond donors (Lipinski definition) is 0. The zero-order chi connectivity index (χ0) is 25.3. The summed E-state index contributed by atoms with van der Waals surface area (Å²) in [5, 5.41) is 0. The van der Waals surface area contributed by atoms with Crippen molar-refractivity contribution >= 4 is 0 Å². The Hall–Kier alpha value is -1.77. The Bertz CT molecular complexity index is 922. The smallest absolute Gasteiger partial charge is 0.166 e. The van der Waals surface area contributed by atoms with Crippen molar-refractivity contribution in [3.8, 4) is 11.1 Å². The van der Waals surface area contributed by atoms with Crippen LogP contribution < -0.4 is 0 Å². The first-order valence-corrected chi connectivity index (χ1v) is 14.8. The van der Waals surface area contributed by atoms with Crippen LogP contribution in [0.15, 0.2) is 36.4 Å². The maximum Gasteiger partial charge on any atom is 0.166 e. The monoisotopic (exact) mass is 498 g/mol. The summed E-state index contributed by atoms with van der Waals surface area (Å²) in [4.78, 5) is 0. The fourth-order valence-corrected chi connectivity index (χ4v) is 6.94. The third kappa shape index (κ3) is 6.75. The van der Waals surface area contributed by atoms with Gasteiger partial charge >= 0.3 is 0 Å². The maximum absolute atomic E-state index is 16.0. The normalized spacial score (nSPS) is 24.7. The maximum atomic E-state index is 16.0. The summed E-state index contributed by atoms with van der Waals surface area (Å²) in [6.45, 7) is 2.03. The van der Waals surface area contributed by atoms with Gasteiger partial charge in [-0.1, -0.05) is 75.8 Å². The second-order valence-corrected chi connectivity index (χ2v) is 11.5. The van der Waals surface area contributed by atoms with Gasteiger partial charge in [0.05, 0.1) is 6.67 Å². The lowest BCUT2D eigenvalue weighted by Crippen LogP contribution is -2.20. The highest BCUT2D eigenvalue weighted by Crippen LogP contribution is 2.47. The van der Waals surface area contributed by atoms with Gasteiger partial charge in [0.15, 0.2) is 11.6 Å². The van der Waals surface area contributed by atoms with Gasteiger partial charge in [0.25, 0.3) is 0 Å². The van der Waals surface area contributed by atoms with E-state index in [-0.39, 0.29) is 12.6 Å². The van der Waals surface area contributed by atoms with E-state index in [1.165, 1.54) is 25.7 Å².